The van der Waals surface area contributed by atoms with Gasteiger partial charge in [0.2, 0.25) is 0 Å². The molecule has 0 aliphatic carbocycles. The van der Waals surface area contributed by atoms with Crippen LogP contribution < -0.4 is 0 Å². The first-order chi connectivity index (χ1) is 6.59. The maximum Gasteiger partial charge on any atom is 0.339 e. The molecule has 1 heterocycles. The molecule has 0 fully saturated rings. The van der Waals surface area contributed by atoms with Gasteiger partial charge in [-0.2, -0.15) is 0 Å². The van der Waals surface area contributed by atoms with Gasteiger partial charge in [-0.15, -0.1) is 0 Å². The van der Waals surface area contributed by atoms with Gasteiger partial charge in [0, 0.05) is 11.5 Å². The van der Waals surface area contributed by atoms with Gasteiger partial charge in [-0.1, -0.05) is 0 Å². The highest BCUT2D eigenvalue weighted by Crippen LogP contribution is 2.23. The summed E-state index contributed by atoms with van der Waals surface area (Å²) in [6.07, 6.45) is 0.950. The van der Waals surface area contributed by atoms with Crippen LogP contribution in [-0.2, 0) is 0 Å². The second-order valence-corrected chi connectivity index (χ2v) is 2.72. The van der Waals surface area contributed by atoms with E-state index in [0.717, 1.165) is 18.4 Å². The largest absolute Gasteiger partial charge is 0.478 e. The van der Waals surface area contributed by atoms with Crippen LogP contribution in [0.4, 0.5) is 8.78 Å². The van der Waals surface area contributed by atoms with Gasteiger partial charge in [-0.05, 0) is 6.07 Å². The molecule has 1 N–H and O–H groups in total. The summed E-state index contributed by atoms with van der Waals surface area (Å²) < 4.78 is 30.2. The maximum absolute atomic E-state index is 12.8. The predicted octanol–water partition coefficient (Wildman–Crippen LogP) is 2.41. The first kappa shape index (κ1) is 8.68. The third-order valence-electron chi connectivity index (χ3n) is 1.85. The van der Waals surface area contributed by atoms with Crippen LogP contribution in [0.3, 0.4) is 0 Å². The smallest absolute Gasteiger partial charge is 0.339 e. The molecule has 14 heavy (non-hydrogen) atoms. The van der Waals surface area contributed by atoms with Gasteiger partial charge in [0.05, 0.1) is 0 Å². The van der Waals surface area contributed by atoms with Gasteiger partial charge in [-0.25, -0.2) is 13.6 Å². The van der Waals surface area contributed by atoms with Crippen molar-refractivity contribution in [1.82, 2.24) is 0 Å². The molecule has 0 atom stereocenters. The minimum atomic E-state index is -1.24. The number of benzene rings is 1. The van der Waals surface area contributed by atoms with Crippen molar-refractivity contribution >= 4 is 16.9 Å². The van der Waals surface area contributed by atoms with Gasteiger partial charge >= 0.3 is 5.97 Å². The van der Waals surface area contributed by atoms with Crippen molar-refractivity contribution < 1.29 is 23.1 Å². The molecule has 0 spiro atoms. The standard InChI is InChI=1S/C9H4F2O3/c10-6-1-4-5(9(12)13)3-14-8(4)2-7(6)11/h1-3H,(H,12,13). The number of furan rings is 1. The van der Waals surface area contributed by atoms with Gasteiger partial charge in [-0.3, -0.25) is 0 Å². The van der Waals surface area contributed by atoms with Crippen molar-refractivity contribution in [3.8, 4) is 0 Å². The summed E-state index contributed by atoms with van der Waals surface area (Å²) in [6, 6.07) is 1.62. The molecule has 5 heteroatoms. The lowest BCUT2D eigenvalue weighted by molar-refractivity contribution is 0.0698. The zero-order valence-electron chi connectivity index (χ0n) is 6.75. The van der Waals surface area contributed by atoms with E-state index in [1.54, 1.807) is 0 Å². The number of rotatable bonds is 1. The van der Waals surface area contributed by atoms with E-state index in [1.165, 1.54) is 0 Å². The Kier molecular flexibility index (Phi) is 1.73. The summed E-state index contributed by atoms with van der Waals surface area (Å²) in [4.78, 5) is 10.6. The fourth-order valence-corrected chi connectivity index (χ4v) is 1.19. The maximum atomic E-state index is 12.8. The van der Waals surface area contributed by atoms with Gasteiger partial charge in [0.25, 0.3) is 0 Å². The average molecular weight is 198 g/mol. The molecular formula is C9H4F2O3. The Bertz CT molecular complexity index is 516. The number of hydrogen-bond acceptors (Lipinski definition) is 2. The lowest BCUT2D eigenvalue weighted by Gasteiger charge is -1.93. The Morgan fingerprint density at radius 1 is 1.29 bits per heavy atom. The van der Waals surface area contributed by atoms with Crippen LogP contribution >= 0.6 is 0 Å². The highest BCUT2D eigenvalue weighted by molar-refractivity contribution is 6.02. The van der Waals surface area contributed by atoms with Crippen molar-refractivity contribution in [2.45, 2.75) is 0 Å². The Balaban J connectivity index is 2.80. The van der Waals surface area contributed by atoms with E-state index in [1.807, 2.05) is 0 Å². The molecule has 0 aliphatic rings. The zero-order valence-corrected chi connectivity index (χ0v) is 6.75. The minimum Gasteiger partial charge on any atom is -0.478 e. The number of carboxylic acids is 1. The van der Waals surface area contributed by atoms with Gasteiger partial charge < -0.3 is 9.52 Å². The molecule has 0 unspecified atom stereocenters. The van der Waals surface area contributed by atoms with Crippen molar-refractivity contribution in [3.63, 3.8) is 0 Å². The van der Waals surface area contributed by atoms with E-state index < -0.39 is 17.6 Å². The van der Waals surface area contributed by atoms with Crippen LogP contribution in [-0.4, -0.2) is 11.1 Å². The normalized spacial score (nSPS) is 10.7. The molecule has 2 aromatic rings. The number of fused-ring (bicyclic) bond motifs is 1. The molecule has 1 aromatic heterocycles. The highest BCUT2D eigenvalue weighted by atomic mass is 19.2. The molecule has 0 bridgehead atoms. The fourth-order valence-electron chi connectivity index (χ4n) is 1.19. The first-order valence-electron chi connectivity index (χ1n) is 3.69. The molecule has 72 valence electrons. The molecule has 0 aliphatic heterocycles. The van der Waals surface area contributed by atoms with Gasteiger partial charge in [0.15, 0.2) is 11.6 Å². The lowest BCUT2D eigenvalue weighted by Crippen LogP contribution is -1.94. The second-order valence-electron chi connectivity index (χ2n) is 2.72. The second kappa shape index (κ2) is 2.80. The lowest BCUT2D eigenvalue weighted by atomic mass is 10.2. The number of hydrogen-bond donors (Lipinski definition) is 1. The summed E-state index contributed by atoms with van der Waals surface area (Å²) in [5, 5.41) is 8.71. The van der Waals surface area contributed by atoms with Crippen LogP contribution in [0.15, 0.2) is 22.8 Å². The van der Waals surface area contributed by atoms with Crippen LogP contribution in [0.5, 0.6) is 0 Å². The van der Waals surface area contributed by atoms with Crippen LogP contribution in [0.25, 0.3) is 11.0 Å². The van der Waals surface area contributed by atoms with Crippen molar-refractivity contribution in [1.29, 1.82) is 0 Å². The fraction of sp³-hybridized carbons (Fsp3) is 0. The molecule has 0 amide bonds. The SMILES string of the molecule is O=C(O)c1coc2cc(F)c(F)cc12. The van der Waals surface area contributed by atoms with E-state index in [9.17, 15) is 13.6 Å². The molecule has 0 saturated carbocycles. The summed E-state index contributed by atoms with van der Waals surface area (Å²) in [6.45, 7) is 0. The van der Waals surface area contributed by atoms with Crippen LogP contribution in [0, 0.1) is 11.6 Å². The summed E-state index contributed by atoms with van der Waals surface area (Å²) in [5.41, 5.74) is -0.166. The zero-order chi connectivity index (χ0) is 10.3. The van der Waals surface area contributed by atoms with Crippen LogP contribution in [0.1, 0.15) is 10.4 Å². The van der Waals surface area contributed by atoms with Crippen molar-refractivity contribution in [2.75, 3.05) is 0 Å². The predicted molar refractivity (Wildman–Crippen MR) is 43.1 cm³/mol. The molecule has 0 radical (unpaired) electrons. The first-order valence-corrected chi connectivity index (χ1v) is 3.69. The van der Waals surface area contributed by atoms with E-state index in [-0.39, 0.29) is 16.5 Å². The Labute approximate surface area is 76.6 Å². The van der Waals surface area contributed by atoms with E-state index in [0.29, 0.717) is 0 Å². The Morgan fingerprint density at radius 3 is 2.57 bits per heavy atom. The highest BCUT2D eigenvalue weighted by Gasteiger charge is 2.15. The van der Waals surface area contributed by atoms with E-state index >= 15 is 0 Å². The number of halogens is 2. The molecule has 2 rings (SSSR count). The van der Waals surface area contributed by atoms with Crippen molar-refractivity contribution in [2.24, 2.45) is 0 Å². The molecule has 1 aromatic carbocycles. The minimum absolute atomic E-state index is 0.0151. The third kappa shape index (κ3) is 1.14. The van der Waals surface area contributed by atoms with E-state index in [4.69, 9.17) is 9.52 Å². The number of carbonyl (C=O) groups is 1. The monoisotopic (exact) mass is 198 g/mol. The third-order valence-corrected chi connectivity index (χ3v) is 1.85. The Hall–Kier alpha value is -1.91. The molecule has 0 saturated heterocycles. The summed E-state index contributed by atoms with van der Waals surface area (Å²) in [7, 11) is 0. The van der Waals surface area contributed by atoms with Crippen LogP contribution in [0.2, 0.25) is 0 Å². The quantitative estimate of drug-likeness (QED) is 0.765. The topological polar surface area (TPSA) is 50.4 Å². The summed E-state index contributed by atoms with van der Waals surface area (Å²) in [5.74, 6) is -3.40. The van der Waals surface area contributed by atoms with Crippen molar-refractivity contribution in [3.05, 3.63) is 35.6 Å². The summed E-state index contributed by atoms with van der Waals surface area (Å²) >= 11 is 0. The number of aromatic carboxylic acids is 1. The van der Waals surface area contributed by atoms with E-state index in [2.05, 4.69) is 0 Å². The molecule has 3 nitrogen and oxygen atoms in total. The van der Waals surface area contributed by atoms with Gasteiger partial charge in [0.1, 0.15) is 17.4 Å². The number of carboxylic acid groups (broad SMARTS) is 1. The Morgan fingerprint density at radius 2 is 1.93 bits per heavy atom. The molecular weight excluding hydrogens is 194 g/mol. The average Bonchev–Trinajstić information content (AvgIpc) is 2.48.